The summed E-state index contributed by atoms with van der Waals surface area (Å²) in [7, 11) is 2.94. The number of ether oxygens (including phenoxy) is 1. The number of para-hydroxylation sites is 1. The second-order valence-electron chi connectivity index (χ2n) is 6.15. The Kier molecular flexibility index (Phi) is 5.39. The number of hydrogen-bond donors (Lipinski definition) is 1. The number of esters is 1. The highest BCUT2D eigenvalue weighted by Gasteiger charge is 2.24. The van der Waals surface area contributed by atoms with Crippen LogP contribution in [0.15, 0.2) is 35.1 Å². The molecule has 1 aromatic heterocycles. The molecule has 2 aromatic rings. The number of methoxy groups -OCH3 is 1. The summed E-state index contributed by atoms with van der Waals surface area (Å²) in [6.45, 7) is 3.91. The van der Waals surface area contributed by atoms with E-state index >= 15 is 0 Å². The van der Waals surface area contributed by atoms with E-state index in [0.29, 0.717) is 17.3 Å². The van der Waals surface area contributed by atoms with Crippen LogP contribution in [0.2, 0.25) is 0 Å². The number of hydrogen-bond acceptors (Lipinski definition) is 4. The van der Waals surface area contributed by atoms with Crippen LogP contribution in [0.3, 0.4) is 0 Å². The minimum absolute atomic E-state index is 0.204. The number of nitrogens with one attached hydrogen (secondary N) is 1. The maximum atomic E-state index is 12.7. The van der Waals surface area contributed by atoms with Gasteiger partial charge in [-0.05, 0) is 18.4 Å². The van der Waals surface area contributed by atoms with Gasteiger partial charge in [0.15, 0.2) is 0 Å². The molecule has 0 unspecified atom stereocenters. The standard InChI is InChI=1S/C18H22N2O4/c1-11(2)9-14(18(23)24-4)19-17(22)13-10-16(21)20(3)15-8-6-5-7-12(13)15/h5-8,10-11,14H,9H2,1-4H3,(H,19,22)/t14-/m0/s1. The first-order valence-corrected chi connectivity index (χ1v) is 7.82. The van der Waals surface area contributed by atoms with Gasteiger partial charge in [0.2, 0.25) is 0 Å². The molecule has 2 rings (SSSR count). The van der Waals surface area contributed by atoms with E-state index < -0.39 is 17.9 Å². The molecule has 0 aliphatic carbocycles. The molecule has 1 amide bonds. The van der Waals surface area contributed by atoms with Crippen LogP contribution in [0, 0.1) is 5.92 Å². The molecular weight excluding hydrogens is 308 g/mol. The Bertz CT molecular complexity index is 823. The first-order valence-electron chi connectivity index (χ1n) is 7.82. The maximum Gasteiger partial charge on any atom is 0.328 e. The summed E-state index contributed by atoms with van der Waals surface area (Å²) in [6, 6.07) is 7.71. The molecule has 24 heavy (non-hydrogen) atoms. The number of carbonyl (C=O) groups is 2. The van der Waals surface area contributed by atoms with Gasteiger partial charge in [0.05, 0.1) is 18.2 Å². The molecule has 1 aromatic carbocycles. The van der Waals surface area contributed by atoms with Crippen molar-refractivity contribution in [2.75, 3.05) is 7.11 Å². The monoisotopic (exact) mass is 330 g/mol. The lowest BCUT2D eigenvalue weighted by Gasteiger charge is -2.19. The Morgan fingerprint density at radius 2 is 1.92 bits per heavy atom. The van der Waals surface area contributed by atoms with Crippen molar-refractivity contribution < 1.29 is 14.3 Å². The molecular formula is C18H22N2O4. The molecule has 1 N–H and O–H groups in total. The van der Waals surface area contributed by atoms with E-state index in [4.69, 9.17) is 4.74 Å². The Hall–Kier alpha value is -2.63. The largest absolute Gasteiger partial charge is 0.467 e. The van der Waals surface area contributed by atoms with E-state index in [2.05, 4.69) is 5.32 Å². The molecule has 0 fully saturated rings. The van der Waals surface area contributed by atoms with E-state index in [1.807, 2.05) is 13.8 Å². The number of aryl methyl sites for hydroxylation is 1. The first kappa shape index (κ1) is 17.7. The molecule has 0 aliphatic heterocycles. The number of carbonyl (C=O) groups excluding carboxylic acids is 2. The third kappa shape index (κ3) is 3.64. The maximum absolute atomic E-state index is 12.7. The van der Waals surface area contributed by atoms with Gasteiger partial charge in [-0.2, -0.15) is 0 Å². The Balaban J connectivity index is 2.42. The summed E-state index contributed by atoms with van der Waals surface area (Å²) in [4.78, 5) is 36.7. The first-order chi connectivity index (χ1) is 11.3. The minimum atomic E-state index is -0.745. The number of amides is 1. The second-order valence-corrected chi connectivity index (χ2v) is 6.15. The van der Waals surface area contributed by atoms with Crippen LogP contribution in [0.4, 0.5) is 0 Å². The fourth-order valence-corrected chi connectivity index (χ4v) is 2.66. The number of nitrogens with zero attached hydrogens (tertiary/aromatic N) is 1. The van der Waals surface area contributed by atoms with Crippen LogP contribution in [0.5, 0.6) is 0 Å². The average Bonchev–Trinajstić information content (AvgIpc) is 2.56. The highest BCUT2D eigenvalue weighted by Crippen LogP contribution is 2.17. The Morgan fingerprint density at radius 1 is 1.25 bits per heavy atom. The van der Waals surface area contributed by atoms with Crippen molar-refractivity contribution in [1.29, 1.82) is 0 Å². The summed E-state index contributed by atoms with van der Waals surface area (Å²) in [6.07, 6.45) is 0.460. The number of rotatable bonds is 5. The molecule has 1 atom stereocenters. The predicted molar refractivity (Wildman–Crippen MR) is 91.9 cm³/mol. The normalized spacial score (nSPS) is 12.2. The van der Waals surface area contributed by atoms with E-state index in [1.54, 1.807) is 31.3 Å². The molecule has 0 bridgehead atoms. The van der Waals surface area contributed by atoms with Gasteiger partial charge >= 0.3 is 5.97 Å². The van der Waals surface area contributed by atoms with E-state index in [-0.39, 0.29) is 17.0 Å². The summed E-state index contributed by atoms with van der Waals surface area (Å²) < 4.78 is 6.24. The lowest BCUT2D eigenvalue weighted by molar-refractivity contribution is -0.143. The number of pyridine rings is 1. The van der Waals surface area contributed by atoms with Crippen molar-refractivity contribution in [1.82, 2.24) is 9.88 Å². The van der Waals surface area contributed by atoms with Crippen molar-refractivity contribution in [2.24, 2.45) is 13.0 Å². The van der Waals surface area contributed by atoms with Crippen molar-refractivity contribution in [2.45, 2.75) is 26.3 Å². The number of fused-ring (bicyclic) bond motifs is 1. The van der Waals surface area contributed by atoms with E-state index in [9.17, 15) is 14.4 Å². The smallest absolute Gasteiger partial charge is 0.328 e. The van der Waals surface area contributed by atoms with Crippen molar-refractivity contribution >= 4 is 22.8 Å². The van der Waals surface area contributed by atoms with E-state index in [0.717, 1.165) is 0 Å². The molecule has 6 heteroatoms. The Morgan fingerprint density at radius 3 is 2.54 bits per heavy atom. The van der Waals surface area contributed by atoms with Crippen LogP contribution < -0.4 is 10.9 Å². The fraction of sp³-hybridized carbons (Fsp3) is 0.389. The fourth-order valence-electron chi connectivity index (χ4n) is 2.66. The molecule has 0 saturated carbocycles. The average molecular weight is 330 g/mol. The third-order valence-corrected chi connectivity index (χ3v) is 3.90. The van der Waals surface area contributed by atoms with Gasteiger partial charge in [-0.25, -0.2) is 4.79 Å². The molecule has 0 radical (unpaired) electrons. The van der Waals surface area contributed by atoms with Crippen LogP contribution in [-0.4, -0.2) is 29.6 Å². The lowest BCUT2D eigenvalue weighted by atomic mass is 10.0. The van der Waals surface area contributed by atoms with Gasteiger partial charge in [-0.15, -0.1) is 0 Å². The van der Waals surface area contributed by atoms with Crippen molar-refractivity contribution in [3.63, 3.8) is 0 Å². The third-order valence-electron chi connectivity index (χ3n) is 3.90. The Labute approximate surface area is 140 Å². The van der Waals surface area contributed by atoms with Gasteiger partial charge in [0.1, 0.15) is 6.04 Å². The van der Waals surface area contributed by atoms with Crippen LogP contribution in [0.25, 0.3) is 10.9 Å². The molecule has 0 saturated heterocycles. The van der Waals surface area contributed by atoms with Gasteiger partial charge in [-0.3, -0.25) is 9.59 Å². The van der Waals surface area contributed by atoms with Gasteiger partial charge in [0, 0.05) is 18.5 Å². The number of benzene rings is 1. The van der Waals surface area contributed by atoms with Crippen molar-refractivity contribution in [3.8, 4) is 0 Å². The second kappa shape index (κ2) is 7.29. The van der Waals surface area contributed by atoms with Gasteiger partial charge in [0.25, 0.3) is 11.5 Å². The highest BCUT2D eigenvalue weighted by molar-refractivity contribution is 6.07. The molecule has 0 spiro atoms. The minimum Gasteiger partial charge on any atom is -0.467 e. The zero-order valence-corrected chi connectivity index (χ0v) is 14.3. The zero-order valence-electron chi connectivity index (χ0n) is 14.3. The molecule has 1 heterocycles. The van der Waals surface area contributed by atoms with Crippen molar-refractivity contribution in [3.05, 3.63) is 46.2 Å². The molecule has 6 nitrogen and oxygen atoms in total. The summed E-state index contributed by atoms with van der Waals surface area (Å²) in [5.41, 5.74) is 0.636. The van der Waals surface area contributed by atoms with Gasteiger partial charge < -0.3 is 14.6 Å². The summed E-state index contributed by atoms with van der Waals surface area (Å²) >= 11 is 0. The summed E-state index contributed by atoms with van der Waals surface area (Å²) in [5, 5.41) is 3.35. The highest BCUT2D eigenvalue weighted by atomic mass is 16.5. The zero-order chi connectivity index (χ0) is 17.9. The quantitative estimate of drug-likeness (QED) is 0.849. The van der Waals surface area contributed by atoms with E-state index in [1.165, 1.54) is 17.7 Å². The van der Waals surface area contributed by atoms with Crippen LogP contribution in [-0.2, 0) is 16.6 Å². The molecule has 128 valence electrons. The molecule has 0 aliphatic rings. The van der Waals surface area contributed by atoms with Gasteiger partial charge in [-0.1, -0.05) is 32.0 Å². The van der Waals surface area contributed by atoms with Crippen LogP contribution in [0.1, 0.15) is 30.6 Å². The topological polar surface area (TPSA) is 77.4 Å². The lowest BCUT2D eigenvalue weighted by Crippen LogP contribution is -2.42. The predicted octanol–water partition coefficient (Wildman–Crippen LogP) is 1.86. The number of aromatic nitrogens is 1. The SMILES string of the molecule is COC(=O)[C@H](CC(C)C)NC(=O)c1cc(=O)n(C)c2ccccc12. The summed E-state index contributed by atoms with van der Waals surface area (Å²) in [5.74, 6) is -0.750. The van der Waals surface area contributed by atoms with Crippen LogP contribution >= 0.6 is 0 Å².